The van der Waals surface area contributed by atoms with Crippen molar-refractivity contribution in [3.8, 4) is 0 Å². The van der Waals surface area contributed by atoms with Crippen molar-refractivity contribution in [2.75, 3.05) is 13.2 Å². The third-order valence-electron chi connectivity index (χ3n) is 13.5. The smallest absolute Gasteiger partial charge is 0.306 e. The molecule has 6 nitrogen and oxygen atoms in total. The van der Waals surface area contributed by atoms with Crippen molar-refractivity contribution in [3.63, 3.8) is 0 Å². The number of esters is 3. The van der Waals surface area contributed by atoms with Crippen molar-refractivity contribution in [1.82, 2.24) is 0 Å². The van der Waals surface area contributed by atoms with Crippen molar-refractivity contribution in [1.29, 1.82) is 0 Å². The van der Waals surface area contributed by atoms with E-state index >= 15 is 0 Å². The van der Waals surface area contributed by atoms with E-state index in [-0.39, 0.29) is 31.1 Å². The molecule has 0 fully saturated rings. The van der Waals surface area contributed by atoms with Crippen LogP contribution in [0.5, 0.6) is 0 Å². The molecule has 6 heteroatoms. The summed E-state index contributed by atoms with van der Waals surface area (Å²) < 4.78 is 16.9. The van der Waals surface area contributed by atoms with E-state index in [1.54, 1.807) is 0 Å². The first-order valence-corrected chi connectivity index (χ1v) is 30.0. The number of carbonyl (C=O) groups excluding carboxylic acids is 3. The van der Waals surface area contributed by atoms with Gasteiger partial charge in [0.05, 0.1) is 0 Å². The van der Waals surface area contributed by atoms with Gasteiger partial charge in [0, 0.05) is 19.3 Å². The van der Waals surface area contributed by atoms with Gasteiger partial charge in [-0.05, 0) is 38.5 Å². The van der Waals surface area contributed by atoms with Gasteiger partial charge < -0.3 is 14.2 Å². The largest absolute Gasteiger partial charge is 0.462 e. The first-order valence-electron chi connectivity index (χ1n) is 30.0. The Balaban J connectivity index is 4.30. The minimum Gasteiger partial charge on any atom is -0.462 e. The van der Waals surface area contributed by atoms with Crippen LogP contribution in [0.2, 0.25) is 0 Å². The van der Waals surface area contributed by atoms with E-state index in [2.05, 4.69) is 57.2 Å². The fourth-order valence-electron chi connectivity index (χ4n) is 8.98. The Kier molecular flexibility index (Phi) is 55.2. The molecule has 0 rings (SSSR count). The van der Waals surface area contributed by atoms with Gasteiger partial charge in [-0.25, -0.2) is 0 Å². The van der Waals surface area contributed by atoms with E-state index in [9.17, 15) is 14.4 Å². The van der Waals surface area contributed by atoms with Gasteiger partial charge in [-0.3, -0.25) is 14.4 Å². The lowest BCUT2D eigenvalue weighted by molar-refractivity contribution is -0.167. The molecule has 0 saturated carbocycles. The van der Waals surface area contributed by atoms with Crippen LogP contribution in [-0.2, 0) is 28.6 Å². The second-order valence-corrected chi connectivity index (χ2v) is 20.3. The van der Waals surface area contributed by atoms with Gasteiger partial charge in [-0.15, -0.1) is 0 Å². The number of hydrogen-bond donors (Lipinski definition) is 0. The predicted octanol–water partition coefficient (Wildman–Crippen LogP) is 20.0. The quantitative estimate of drug-likeness (QED) is 0.0262. The van der Waals surface area contributed by atoms with Gasteiger partial charge >= 0.3 is 17.9 Å². The van der Waals surface area contributed by atoms with Crippen LogP contribution in [0.25, 0.3) is 0 Å². The predicted molar refractivity (Wildman–Crippen MR) is 293 cm³/mol. The molecule has 0 bridgehead atoms. The zero-order chi connectivity index (χ0) is 49.3. The molecule has 0 aromatic heterocycles. The topological polar surface area (TPSA) is 78.9 Å². The van der Waals surface area contributed by atoms with E-state index < -0.39 is 6.10 Å². The summed E-state index contributed by atoms with van der Waals surface area (Å²) in [5.41, 5.74) is 0. The van der Waals surface area contributed by atoms with Crippen molar-refractivity contribution >= 4 is 17.9 Å². The van der Waals surface area contributed by atoms with E-state index in [4.69, 9.17) is 14.2 Å². The highest BCUT2D eigenvalue weighted by Gasteiger charge is 2.19. The van der Waals surface area contributed by atoms with Gasteiger partial charge in [0.25, 0.3) is 0 Å². The summed E-state index contributed by atoms with van der Waals surface area (Å²) in [6, 6.07) is 0. The SMILES string of the molecule is CC\C=C/C=C\C=C/CCCCCCCC(=O)OCC(COC(=O)CCCCCCCCCCCCCCCCCCCCC)OC(=O)CCCCCCCCCCCCCCCCCCCC. The normalized spacial score (nSPS) is 12.2. The lowest BCUT2D eigenvalue weighted by atomic mass is 10.0. The van der Waals surface area contributed by atoms with E-state index in [0.717, 1.165) is 83.5 Å². The third kappa shape index (κ3) is 54.6. The molecule has 0 N–H and O–H groups in total. The maximum atomic E-state index is 12.9. The molecule has 0 aliphatic rings. The minimum atomic E-state index is -0.776. The Morgan fingerprint density at radius 2 is 0.574 bits per heavy atom. The van der Waals surface area contributed by atoms with Gasteiger partial charge in [0.15, 0.2) is 6.10 Å². The molecule has 0 amide bonds. The molecule has 68 heavy (non-hydrogen) atoms. The Bertz CT molecular complexity index is 1140. The number of rotatable bonds is 55. The van der Waals surface area contributed by atoms with Crippen molar-refractivity contribution in [2.24, 2.45) is 0 Å². The molecular weight excluding hydrogens is 841 g/mol. The second-order valence-electron chi connectivity index (χ2n) is 20.3. The molecule has 0 aliphatic carbocycles. The maximum absolute atomic E-state index is 12.9. The lowest BCUT2D eigenvalue weighted by Crippen LogP contribution is -2.30. The van der Waals surface area contributed by atoms with Crippen LogP contribution in [0.15, 0.2) is 36.5 Å². The first kappa shape index (κ1) is 65.6. The number of carbonyl (C=O) groups is 3. The van der Waals surface area contributed by atoms with Crippen LogP contribution in [0.3, 0.4) is 0 Å². The number of allylic oxidation sites excluding steroid dienone is 6. The highest BCUT2D eigenvalue weighted by molar-refractivity contribution is 5.71. The van der Waals surface area contributed by atoms with Gasteiger partial charge in [0.2, 0.25) is 0 Å². The Morgan fingerprint density at radius 1 is 0.309 bits per heavy atom. The van der Waals surface area contributed by atoms with Gasteiger partial charge in [-0.2, -0.15) is 0 Å². The minimum absolute atomic E-state index is 0.0736. The van der Waals surface area contributed by atoms with Gasteiger partial charge in [0.1, 0.15) is 13.2 Å². The van der Waals surface area contributed by atoms with Crippen LogP contribution in [0, 0.1) is 0 Å². The summed E-state index contributed by atoms with van der Waals surface area (Å²) >= 11 is 0. The van der Waals surface area contributed by atoms with Crippen LogP contribution in [-0.4, -0.2) is 37.2 Å². The zero-order valence-electron chi connectivity index (χ0n) is 45.6. The van der Waals surface area contributed by atoms with Crippen LogP contribution < -0.4 is 0 Å². The Morgan fingerprint density at radius 3 is 0.882 bits per heavy atom. The van der Waals surface area contributed by atoms with Crippen LogP contribution in [0.1, 0.15) is 323 Å². The molecular formula is C62H114O6. The van der Waals surface area contributed by atoms with E-state index in [1.165, 1.54) is 199 Å². The van der Waals surface area contributed by atoms with Crippen LogP contribution in [0.4, 0.5) is 0 Å². The van der Waals surface area contributed by atoms with Crippen molar-refractivity contribution in [2.45, 2.75) is 329 Å². The van der Waals surface area contributed by atoms with E-state index in [0.29, 0.717) is 19.3 Å². The van der Waals surface area contributed by atoms with Gasteiger partial charge in [-0.1, -0.05) is 301 Å². The van der Waals surface area contributed by atoms with E-state index in [1.807, 2.05) is 0 Å². The fraction of sp³-hybridized carbons (Fsp3) is 0.855. The molecule has 0 saturated heterocycles. The Labute approximate surface area is 423 Å². The summed E-state index contributed by atoms with van der Waals surface area (Å²) in [7, 11) is 0. The molecule has 0 spiro atoms. The maximum Gasteiger partial charge on any atom is 0.306 e. The highest BCUT2D eigenvalue weighted by Crippen LogP contribution is 2.18. The van der Waals surface area contributed by atoms with Crippen molar-refractivity contribution in [3.05, 3.63) is 36.5 Å². The summed E-state index contributed by atoms with van der Waals surface area (Å²) in [5, 5.41) is 0. The molecule has 0 aromatic rings. The third-order valence-corrected chi connectivity index (χ3v) is 13.5. The van der Waals surface area contributed by atoms with Crippen molar-refractivity contribution < 1.29 is 28.6 Å². The summed E-state index contributed by atoms with van der Waals surface area (Å²) in [6.45, 7) is 6.55. The highest BCUT2D eigenvalue weighted by atomic mass is 16.6. The average Bonchev–Trinajstić information content (AvgIpc) is 3.34. The molecule has 0 aliphatic heterocycles. The molecule has 398 valence electrons. The summed E-state index contributed by atoms with van der Waals surface area (Å²) in [4.78, 5) is 38.2. The zero-order valence-corrected chi connectivity index (χ0v) is 45.6. The second kappa shape index (κ2) is 57.2. The average molecular weight is 956 g/mol. The number of hydrogen-bond acceptors (Lipinski definition) is 6. The summed E-state index contributed by atoms with van der Waals surface area (Å²) in [6.07, 6.45) is 68.6. The monoisotopic (exact) mass is 955 g/mol. The molecule has 0 aromatic carbocycles. The Hall–Kier alpha value is -2.37. The molecule has 0 heterocycles. The number of unbranched alkanes of at least 4 members (excludes halogenated alkanes) is 40. The van der Waals surface area contributed by atoms with Crippen LogP contribution >= 0.6 is 0 Å². The fourth-order valence-corrected chi connectivity index (χ4v) is 8.98. The lowest BCUT2D eigenvalue weighted by Gasteiger charge is -2.18. The number of ether oxygens (including phenoxy) is 3. The molecule has 1 atom stereocenters. The summed E-state index contributed by atoms with van der Waals surface area (Å²) in [5.74, 6) is -0.873. The standard InChI is InChI=1S/C62H114O6/c1-4-7-10-13-16-19-22-25-27-29-31-33-34-37-40-43-46-49-52-55-61(64)67-58-59(57-66-60(63)54-51-48-45-42-39-36-24-21-18-15-12-9-6-3)68-62(65)56-53-50-47-44-41-38-35-32-30-28-26-23-20-17-14-11-8-5-2/h9,12,15,18,21,24,59H,4-8,10-11,13-14,16-17,19-20,22-23,25-58H2,1-3H3/b12-9-,18-15-,24-21-. The molecule has 1 unspecified atom stereocenters. The first-order chi connectivity index (χ1) is 33.5. The molecule has 0 radical (unpaired) electrons.